The molecule has 0 aromatic carbocycles. The monoisotopic (exact) mass is 180 g/mol. The molecule has 1 saturated carbocycles. The molecule has 1 fully saturated rings. The van der Waals surface area contributed by atoms with Crippen molar-refractivity contribution in [3.8, 4) is 0 Å². The van der Waals surface area contributed by atoms with Crippen molar-refractivity contribution < 1.29 is 4.79 Å². The van der Waals surface area contributed by atoms with Gasteiger partial charge in [-0.2, -0.15) is 4.79 Å². The maximum absolute atomic E-state index is 8.73. The van der Waals surface area contributed by atoms with Gasteiger partial charge in [-0.3, -0.25) is 0 Å². The number of hydrogen-bond donors (Lipinski definition) is 0. The minimum Gasteiger partial charge on any atom is -0.362 e. The molecule has 1 aliphatic carbocycles. The fourth-order valence-corrected chi connectivity index (χ4v) is 1.94. The maximum Gasteiger partial charge on any atom is 0.268 e. The Bertz CT molecular complexity index is 167. The summed E-state index contributed by atoms with van der Waals surface area (Å²) in [5.74, 6) is 0. The second-order valence-electron chi connectivity index (χ2n) is 3.99. The predicted molar refractivity (Wildman–Crippen MR) is 54.8 cm³/mol. The Hall–Kier alpha value is -0.620. The third-order valence-electron chi connectivity index (χ3n) is 2.82. The van der Waals surface area contributed by atoms with Crippen LogP contribution in [0.25, 0.3) is 5.53 Å². The van der Waals surface area contributed by atoms with Gasteiger partial charge in [0.2, 0.25) is 0 Å². The topological polar surface area (TPSA) is 36.4 Å². The molecule has 0 saturated heterocycles. The van der Waals surface area contributed by atoms with Crippen LogP contribution in [0.3, 0.4) is 0 Å². The molecule has 0 aromatic heterocycles. The average Bonchev–Trinajstić information content (AvgIpc) is 2.22. The molecule has 0 unspecified atom stereocenters. The number of rotatable bonds is 0. The lowest BCUT2D eigenvalue weighted by Gasteiger charge is -1.97. The van der Waals surface area contributed by atoms with Gasteiger partial charge in [0.05, 0.1) is 0 Å². The van der Waals surface area contributed by atoms with E-state index in [-0.39, 0.29) is 0 Å². The van der Waals surface area contributed by atoms with Crippen molar-refractivity contribution in [2.45, 2.75) is 64.2 Å². The molecular weight excluding hydrogens is 160 g/mol. The van der Waals surface area contributed by atoms with Crippen LogP contribution in [-0.4, -0.2) is 10.5 Å². The Kier molecular flexibility index (Phi) is 5.51. The first-order chi connectivity index (χ1) is 6.43. The molecule has 0 N–H and O–H groups in total. The quantitative estimate of drug-likeness (QED) is 0.403. The number of nitrogens with zero attached hydrogens (tertiary/aromatic N) is 2. The van der Waals surface area contributed by atoms with Crippen molar-refractivity contribution in [3.63, 3.8) is 0 Å². The average molecular weight is 180 g/mol. The second-order valence-corrected chi connectivity index (χ2v) is 3.99. The summed E-state index contributed by atoms with van der Waals surface area (Å²) >= 11 is 0. The molecule has 0 bridgehead atoms. The van der Waals surface area contributed by atoms with Gasteiger partial charge in [0, 0.05) is 12.8 Å². The number of hydrogen-bond acceptors (Lipinski definition) is 0. The van der Waals surface area contributed by atoms with Crippen LogP contribution < -0.4 is 0 Å². The summed E-state index contributed by atoms with van der Waals surface area (Å²) in [5, 5.41) is 0. The summed E-state index contributed by atoms with van der Waals surface area (Å²) in [6, 6.07) is 0. The van der Waals surface area contributed by atoms with Crippen molar-refractivity contribution in [1.82, 2.24) is 0 Å². The molecule has 74 valence electrons. The van der Waals surface area contributed by atoms with Crippen molar-refractivity contribution >= 4 is 5.71 Å². The van der Waals surface area contributed by atoms with E-state index in [1.165, 1.54) is 51.4 Å². The van der Waals surface area contributed by atoms with Gasteiger partial charge in [-0.25, -0.2) is 0 Å². The summed E-state index contributed by atoms with van der Waals surface area (Å²) in [7, 11) is 0. The van der Waals surface area contributed by atoms with Crippen LogP contribution in [0.15, 0.2) is 0 Å². The van der Waals surface area contributed by atoms with E-state index >= 15 is 0 Å². The van der Waals surface area contributed by atoms with Gasteiger partial charge in [0.1, 0.15) is 0 Å². The highest BCUT2D eigenvalue weighted by Crippen LogP contribution is 2.14. The van der Waals surface area contributed by atoms with Crippen molar-refractivity contribution in [1.29, 1.82) is 0 Å². The zero-order chi connectivity index (χ0) is 9.36. The van der Waals surface area contributed by atoms with E-state index in [0.717, 1.165) is 18.6 Å². The lowest BCUT2D eigenvalue weighted by atomic mass is 10.1. The van der Waals surface area contributed by atoms with E-state index in [1.54, 1.807) is 0 Å². The van der Waals surface area contributed by atoms with Gasteiger partial charge in [-0.05, 0) is 12.8 Å². The summed E-state index contributed by atoms with van der Waals surface area (Å²) in [5.41, 5.74) is 9.74. The molecule has 1 rings (SSSR count). The van der Waals surface area contributed by atoms with Crippen LogP contribution in [0.5, 0.6) is 0 Å². The maximum atomic E-state index is 8.73. The summed E-state index contributed by atoms with van der Waals surface area (Å²) in [6.07, 6.45) is 12.6. The van der Waals surface area contributed by atoms with E-state index in [9.17, 15) is 0 Å². The van der Waals surface area contributed by atoms with Gasteiger partial charge in [0.15, 0.2) is 0 Å². The Morgan fingerprint density at radius 3 is 1.46 bits per heavy atom. The van der Waals surface area contributed by atoms with Gasteiger partial charge >= 0.3 is 0 Å². The van der Waals surface area contributed by atoms with Gasteiger partial charge in [0.25, 0.3) is 5.71 Å². The lowest BCUT2D eigenvalue weighted by molar-refractivity contribution is -0.0117. The minimum atomic E-state index is 1.01. The largest absolute Gasteiger partial charge is 0.362 e. The highest BCUT2D eigenvalue weighted by atomic mass is 14.9. The first-order valence-corrected chi connectivity index (χ1v) is 5.63. The van der Waals surface area contributed by atoms with E-state index in [0.29, 0.717) is 0 Å². The molecular formula is C11H20N2. The molecule has 0 radical (unpaired) electrons. The van der Waals surface area contributed by atoms with E-state index < -0.39 is 0 Å². The molecule has 0 spiro atoms. The van der Waals surface area contributed by atoms with Crippen molar-refractivity contribution in [3.05, 3.63) is 5.53 Å². The fraction of sp³-hybridized carbons (Fsp3) is 0.909. The predicted octanol–water partition coefficient (Wildman–Crippen LogP) is 3.57. The van der Waals surface area contributed by atoms with Crippen molar-refractivity contribution in [2.24, 2.45) is 0 Å². The molecule has 0 heterocycles. The van der Waals surface area contributed by atoms with Crippen LogP contribution in [0.1, 0.15) is 64.2 Å². The van der Waals surface area contributed by atoms with Gasteiger partial charge < -0.3 is 5.53 Å². The SMILES string of the molecule is [N-]=[N+]=C1CCCCCCCCCC1. The molecule has 0 aliphatic heterocycles. The summed E-state index contributed by atoms with van der Waals surface area (Å²) in [6.45, 7) is 0. The summed E-state index contributed by atoms with van der Waals surface area (Å²) in [4.78, 5) is 3.37. The van der Waals surface area contributed by atoms with Crippen molar-refractivity contribution in [2.75, 3.05) is 0 Å². The first-order valence-electron chi connectivity index (χ1n) is 5.63. The molecule has 2 nitrogen and oxygen atoms in total. The Labute approximate surface area is 81.0 Å². The van der Waals surface area contributed by atoms with Crippen LogP contribution >= 0.6 is 0 Å². The van der Waals surface area contributed by atoms with Gasteiger partial charge in [-0.1, -0.05) is 38.5 Å². The van der Waals surface area contributed by atoms with Crippen LogP contribution in [0.4, 0.5) is 0 Å². The molecule has 0 atom stereocenters. The zero-order valence-electron chi connectivity index (χ0n) is 8.47. The van der Waals surface area contributed by atoms with E-state index in [4.69, 9.17) is 5.53 Å². The smallest absolute Gasteiger partial charge is 0.268 e. The van der Waals surface area contributed by atoms with Crippen LogP contribution in [0, 0.1) is 0 Å². The van der Waals surface area contributed by atoms with Crippen LogP contribution in [-0.2, 0) is 0 Å². The third kappa shape index (κ3) is 4.84. The molecule has 0 aromatic rings. The zero-order valence-corrected chi connectivity index (χ0v) is 8.47. The third-order valence-corrected chi connectivity index (χ3v) is 2.82. The van der Waals surface area contributed by atoms with E-state index in [2.05, 4.69) is 4.79 Å². The standard InChI is InChI=1S/C11H20N2/c12-13-11-9-7-5-3-1-2-4-6-8-10-11/h1-10H2. The lowest BCUT2D eigenvalue weighted by Crippen LogP contribution is -1.99. The molecule has 13 heavy (non-hydrogen) atoms. The Morgan fingerprint density at radius 2 is 1.08 bits per heavy atom. The Morgan fingerprint density at radius 1 is 0.692 bits per heavy atom. The molecule has 0 amide bonds. The highest BCUT2D eigenvalue weighted by Gasteiger charge is 2.08. The second kappa shape index (κ2) is 6.85. The van der Waals surface area contributed by atoms with Gasteiger partial charge in [-0.15, -0.1) is 0 Å². The summed E-state index contributed by atoms with van der Waals surface area (Å²) < 4.78 is 0. The molecule has 2 heteroatoms. The van der Waals surface area contributed by atoms with E-state index in [1.807, 2.05) is 0 Å². The fourth-order valence-electron chi connectivity index (χ4n) is 1.94. The normalized spacial score (nSPS) is 21.7. The highest BCUT2D eigenvalue weighted by molar-refractivity contribution is 5.78. The minimum absolute atomic E-state index is 1.01. The first kappa shape index (κ1) is 10.5. The Balaban J connectivity index is 2.31. The molecule has 1 aliphatic rings. The van der Waals surface area contributed by atoms with Crippen LogP contribution in [0.2, 0.25) is 0 Å².